The maximum atomic E-state index is 12.4. The zero-order valence-corrected chi connectivity index (χ0v) is 15.0. The molecule has 4 rings (SSSR count). The molecule has 1 aliphatic carbocycles. The lowest BCUT2D eigenvalue weighted by Crippen LogP contribution is -2.39. The summed E-state index contributed by atoms with van der Waals surface area (Å²) in [5, 5.41) is 0. The van der Waals surface area contributed by atoms with Crippen molar-refractivity contribution in [2.75, 3.05) is 26.2 Å². The Morgan fingerprint density at radius 1 is 0.840 bits per heavy atom. The number of amides is 2. The molecule has 1 saturated carbocycles. The Morgan fingerprint density at radius 3 is 2.08 bits per heavy atom. The predicted molar refractivity (Wildman–Crippen MR) is 97.3 cm³/mol. The fourth-order valence-corrected chi connectivity index (χ4v) is 4.17. The monoisotopic (exact) mass is 340 g/mol. The van der Waals surface area contributed by atoms with Gasteiger partial charge in [0.2, 0.25) is 5.91 Å². The fourth-order valence-electron chi connectivity index (χ4n) is 4.17. The molecule has 4 nitrogen and oxygen atoms in total. The molecular weight excluding hydrogens is 312 g/mol. The average molecular weight is 340 g/mol. The van der Waals surface area contributed by atoms with Gasteiger partial charge in [0, 0.05) is 37.7 Å². The van der Waals surface area contributed by atoms with E-state index < -0.39 is 0 Å². The minimum Gasteiger partial charge on any atom is -0.342 e. The second kappa shape index (κ2) is 7.19. The number of hydrogen-bond acceptors (Lipinski definition) is 2. The first-order valence-corrected chi connectivity index (χ1v) is 9.88. The summed E-state index contributed by atoms with van der Waals surface area (Å²) in [5.74, 6) is 1.57. The lowest BCUT2D eigenvalue weighted by molar-refractivity contribution is -0.133. The van der Waals surface area contributed by atoms with Crippen molar-refractivity contribution < 1.29 is 9.59 Å². The molecule has 2 aliphatic heterocycles. The summed E-state index contributed by atoms with van der Waals surface area (Å²) >= 11 is 0. The Hall–Kier alpha value is -1.84. The smallest absolute Gasteiger partial charge is 0.253 e. The molecule has 2 heterocycles. The minimum atomic E-state index is 0.177. The Kier molecular flexibility index (Phi) is 4.78. The van der Waals surface area contributed by atoms with Crippen LogP contribution in [-0.2, 0) is 11.2 Å². The number of nitrogens with zero attached hydrogens (tertiary/aromatic N) is 2. The van der Waals surface area contributed by atoms with E-state index in [2.05, 4.69) is 17.0 Å². The van der Waals surface area contributed by atoms with E-state index in [1.54, 1.807) is 0 Å². The highest BCUT2D eigenvalue weighted by atomic mass is 16.2. The Morgan fingerprint density at radius 2 is 1.48 bits per heavy atom. The first-order valence-electron chi connectivity index (χ1n) is 9.88. The van der Waals surface area contributed by atoms with Gasteiger partial charge in [-0.3, -0.25) is 9.59 Å². The highest BCUT2D eigenvalue weighted by molar-refractivity contribution is 5.94. The molecule has 1 aromatic rings. The van der Waals surface area contributed by atoms with Crippen LogP contribution in [0.3, 0.4) is 0 Å². The van der Waals surface area contributed by atoms with Crippen LogP contribution in [0, 0.1) is 11.8 Å². The molecular formula is C21H28N2O2. The third kappa shape index (κ3) is 3.88. The third-order valence-electron chi connectivity index (χ3n) is 5.97. The largest absolute Gasteiger partial charge is 0.342 e. The summed E-state index contributed by atoms with van der Waals surface area (Å²) in [4.78, 5) is 28.6. The van der Waals surface area contributed by atoms with E-state index in [4.69, 9.17) is 0 Å². The molecule has 1 aromatic carbocycles. The van der Waals surface area contributed by atoms with Crippen LogP contribution in [0.4, 0.5) is 0 Å². The first kappa shape index (κ1) is 16.6. The van der Waals surface area contributed by atoms with Crippen molar-refractivity contribution in [3.63, 3.8) is 0 Å². The number of carbonyl (C=O) groups excluding carboxylic acids is 2. The summed E-state index contributed by atoms with van der Waals surface area (Å²) in [6.45, 7) is 3.65. The fraction of sp³-hybridized carbons (Fsp3) is 0.619. The van der Waals surface area contributed by atoms with E-state index >= 15 is 0 Å². The molecule has 2 amide bonds. The van der Waals surface area contributed by atoms with Crippen LogP contribution in [0.1, 0.15) is 54.4 Å². The molecule has 0 bridgehead atoms. The van der Waals surface area contributed by atoms with Crippen molar-refractivity contribution in [1.29, 1.82) is 0 Å². The Balaban J connectivity index is 1.28. The van der Waals surface area contributed by atoms with Gasteiger partial charge in [-0.2, -0.15) is 0 Å². The highest BCUT2D eigenvalue weighted by Gasteiger charge is 2.34. The molecule has 25 heavy (non-hydrogen) atoms. The molecule has 2 saturated heterocycles. The van der Waals surface area contributed by atoms with Crippen molar-refractivity contribution in [3.05, 3.63) is 35.4 Å². The van der Waals surface area contributed by atoms with Crippen LogP contribution in [0.5, 0.6) is 0 Å². The summed E-state index contributed by atoms with van der Waals surface area (Å²) < 4.78 is 0. The maximum Gasteiger partial charge on any atom is 0.253 e. The van der Waals surface area contributed by atoms with Gasteiger partial charge in [-0.05, 0) is 68.6 Å². The van der Waals surface area contributed by atoms with Crippen LogP contribution in [0.15, 0.2) is 24.3 Å². The quantitative estimate of drug-likeness (QED) is 0.845. The van der Waals surface area contributed by atoms with E-state index in [9.17, 15) is 9.59 Å². The molecule has 134 valence electrons. The molecule has 3 fully saturated rings. The molecule has 0 atom stereocenters. The number of rotatable bonds is 4. The molecule has 0 spiro atoms. The number of likely N-dealkylation sites (tertiary alicyclic amines) is 2. The number of benzene rings is 1. The minimum absolute atomic E-state index is 0.177. The van der Waals surface area contributed by atoms with E-state index in [-0.39, 0.29) is 5.91 Å². The molecule has 3 aliphatic rings. The molecule has 0 radical (unpaired) electrons. The number of piperidine rings is 1. The van der Waals surface area contributed by atoms with Gasteiger partial charge in [0.15, 0.2) is 0 Å². The average Bonchev–Trinajstić information content (AvgIpc) is 3.36. The van der Waals surface area contributed by atoms with Crippen LogP contribution in [0.25, 0.3) is 0 Å². The van der Waals surface area contributed by atoms with E-state index in [1.165, 1.54) is 5.56 Å². The van der Waals surface area contributed by atoms with Gasteiger partial charge in [-0.1, -0.05) is 12.1 Å². The molecule has 0 N–H and O–H groups in total. The van der Waals surface area contributed by atoms with Crippen molar-refractivity contribution in [3.8, 4) is 0 Å². The van der Waals surface area contributed by atoms with Crippen LogP contribution >= 0.6 is 0 Å². The first-order chi connectivity index (χ1) is 12.2. The second-order valence-corrected chi connectivity index (χ2v) is 7.94. The van der Waals surface area contributed by atoms with Gasteiger partial charge in [-0.15, -0.1) is 0 Å². The lowest BCUT2D eigenvalue weighted by atomic mass is 9.89. The van der Waals surface area contributed by atoms with Gasteiger partial charge in [-0.25, -0.2) is 0 Å². The maximum absolute atomic E-state index is 12.4. The summed E-state index contributed by atoms with van der Waals surface area (Å²) in [5.41, 5.74) is 2.13. The highest BCUT2D eigenvalue weighted by Crippen LogP contribution is 2.33. The van der Waals surface area contributed by atoms with Crippen LogP contribution in [-0.4, -0.2) is 47.8 Å². The zero-order chi connectivity index (χ0) is 17.2. The topological polar surface area (TPSA) is 40.6 Å². The molecule has 0 unspecified atom stereocenters. The SMILES string of the molecule is O=C(c1ccc(CC2CCN(C(=O)C3CC3)CC2)cc1)N1CCCC1. The van der Waals surface area contributed by atoms with Gasteiger partial charge in [0.25, 0.3) is 5.91 Å². The third-order valence-corrected chi connectivity index (χ3v) is 5.97. The van der Waals surface area contributed by atoms with Gasteiger partial charge < -0.3 is 9.80 Å². The summed E-state index contributed by atoms with van der Waals surface area (Å²) in [7, 11) is 0. The normalized spacial score (nSPS) is 21.6. The van der Waals surface area contributed by atoms with E-state index in [0.29, 0.717) is 17.7 Å². The van der Waals surface area contributed by atoms with Crippen molar-refractivity contribution >= 4 is 11.8 Å². The number of carbonyl (C=O) groups is 2. The van der Waals surface area contributed by atoms with Crippen molar-refractivity contribution in [2.24, 2.45) is 11.8 Å². The van der Waals surface area contributed by atoms with Crippen molar-refractivity contribution in [2.45, 2.75) is 44.9 Å². The summed E-state index contributed by atoms with van der Waals surface area (Å²) in [6.07, 6.45) is 7.73. The van der Waals surface area contributed by atoms with E-state index in [0.717, 1.165) is 76.7 Å². The van der Waals surface area contributed by atoms with E-state index in [1.807, 2.05) is 17.0 Å². The van der Waals surface area contributed by atoms with Crippen molar-refractivity contribution in [1.82, 2.24) is 9.80 Å². The number of hydrogen-bond donors (Lipinski definition) is 0. The lowest BCUT2D eigenvalue weighted by Gasteiger charge is -2.32. The van der Waals surface area contributed by atoms with Crippen LogP contribution in [0.2, 0.25) is 0 Å². The Bertz CT molecular complexity index is 622. The summed E-state index contributed by atoms with van der Waals surface area (Å²) in [6, 6.07) is 8.21. The molecule has 4 heteroatoms. The predicted octanol–water partition coefficient (Wildman–Crippen LogP) is 3.11. The zero-order valence-electron chi connectivity index (χ0n) is 15.0. The standard InChI is InChI=1S/C21H28N2O2/c24-20(22-11-1-2-12-22)18-5-3-16(4-6-18)15-17-9-13-23(14-10-17)21(25)19-7-8-19/h3-6,17,19H,1-2,7-15H2. The Labute approximate surface area is 150 Å². The van der Waals surface area contributed by atoms with Gasteiger partial charge in [0.1, 0.15) is 0 Å². The molecule has 0 aromatic heterocycles. The van der Waals surface area contributed by atoms with Crippen LogP contribution < -0.4 is 0 Å². The van der Waals surface area contributed by atoms with Gasteiger partial charge in [0.05, 0.1) is 0 Å². The van der Waals surface area contributed by atoms with Gasteiger partial charge >= 0.3 is 0 Å². The second-order valence-electron chi connectivity index (χ2n) is 7.94.